The summed E-state index contributed by atoms with van der Waals surface area (Å²) in [4.78, 5) is 4.17. The van der Waals surface area contributed by atoms with Crippen LogP contribution in [-0.4, -0.2) is 18.1 Å². The molecule has 1 rings (SSSR count). The van der Waals surface area contributed by atoms with E-state index < -0.39 is 0 Å². The summed E-state index contributed by atoms with van der Waals surface area (Å²) in [6.45, 7) is 4.09. The molecule has 0 aliphatic carbocycles. The molecule has 0 fully saturated rings. The first-order valence-corrected chi connectivity index (χ1v) is 4.20. The van der Waals surface area contributed by atoms with Crippen LogP contribution in [0, 0.1) is 0 Å². The molecule has 0 aliphatic heterocycles. The molecule has 13 heavy (non-hydrogen) atoms. The van der Waals surface area contributed by atoms with Gasteiger partial charge in [0.25, 0.3) is 0 Å². The number of anilines is 2. The van der Waals surface area contributed by atoms with Gasteiger partial charge in [0.15, 0.2) is 0 Å². The molecule has 0 saturated heterocycles. The van der Waals surface area contributed by atoms with E-state index in [4.69, 9.17) is 10.5 Å². The predicted octanol–water partition coefficient (Wildman–Crippen LogP) is 1.49. The molecular formula is C9H15N3O. The average Bonchev–Trinajstić information content (AvgIpc) is 2.07. The summed E-state index contributed by atoms with van der Waals surface area (Å²) in [5.41, 5.74) is 6.17. The molecule has 0 bridgehead atoms. The maximum Gasteiger partial charge on any atom is 0.238 e. The molecule has 4 heteroatoms. The van der Waals surface area contributed by atoms with Crippen LogP contribution in [0.1, 0.15) is 13.8 Å². The highest BCUT2D eigenvalue weighted by Gasteiger charge is 2.02. The molecule has 0 aromatic carbocycles. The van der Waals surface area contributed by atoms with Crippen LogP contribution in [0.3, 0.4) is 0 Å². The normalized spacial score (nSPS) is 10.2. The number of pyridine rings is 1. The van der Waals surface area contributed by atoms with E-state index in [0.717, 1.165) is 5.82 Å². The third-order valence-corrected chi connectivity index (χ3v) is 1.52. The fourth-order valence-electron chi connectivity index (χ4n) is 0.991. The van der Waals surface area contributed by atoms with Gasteiger partial charge in [-0.15, -0.1) is 0 Å². The van der Waals surface area contributed by atoms with Gasteiger partial charge in [-0.1, -0.05) is 0 Å². The highest BCUT2D eigenvalue weighted by atomic mass is 16.5. The molecule has 0 radical (unpaired) electrons. The minimum absolute atomic E-state index is 0.348. The van der Waals surface area contributed by atoms with Crippen LogP contribution in [0.15, 0.2) is 12.1 Å². The lowest BCUT2D eigenvalue weighted by Gasteiger charge is -2.10. The Bertz CT molecular complexity index is 286. The molecule has 4 nitrogen and oxygen atoms in total. The first-order valence-electron chi connectivity index (χ1n) is 4.20. The lowest BCUT2D eigenvalue weighted by molar-refractivity contribution is 0.401. The second-order valence-corrected chi connectivity index (χ2v) is 3.09. The van der Waals surface area contributed by atoms with Gasteiger partial charge in [0.2, 0.25) is 5.88 Å². The molecule has 1 heterocycles. The zero-order valence-electron chi connectivity index (χ0n) is 8.16. The molecule has 1 aromatic rings. The predicted molar refractivity (Wildman–Crippen MR) is 54.0 cm³/mol. The number of ether oxygens (including phenoxy) is 1. The van der Waals surface area contributed by atoms with Gasteiger partial charge in [-0.2, -0.15) is 4.98 Å². The van der Waals surface area contributed by atoms with Crippen LogP contribution in [0.2, 0.25) is 0 Å². The Morgan fingerprint density at radius 3 is 2.69 bits per heavy atom. The third-order valence-electron chi connectivity index (χ3n) is 1.52. The van der Waals surface area contributed by atoms with Crippen molar-refractivity contribution in [2.75, 3.05) is 18.2 Å². The number of hydrogen-bond donors (Lipinski definition) is 2. The largest absolute Gasteiger partial charge is 0.479 e. The van der Waals surface area contributed by atoms with Crippen molar-refractivity contribution in [2.24, 2.45) is 0 Å². The summed E-state index contributed by atoms with van der Waals surface area (Å²) in [7, 11) is 1.55. The molecule has 72 valence electrons. The van der Waals surface area contributed by atoms with Crippen molar-refractivity contribution in [1.82, 2.24) is 4.98 Å². The summed E-state index contributed by atoms with van der Waals surface area (Å²) in [5.74, 6) is 1.24. The zero-order valence-corrected chi connectivity index (χ0v) is 8.16. The summed E-state index contributed by atoms with van der Waals surface area (Å²) in [5, 5.41) is 3.16. The van der Waals surface area contributed by atoms with Crippen molar-refractivity contribution in [1.29, 1.82) is 0 Å². The Hall–Kier alpha value is -1.45. The molecule has 3 N–H and O–H groups in total. The Labute approximate surface area is 78.1 Å². The Kier molecular flexibility index (Phi) is 2.95. The molecule has 0 atom stereocenters. The zero-order chi connectivity index (χ0) is 9.84. The highest BCUT2D eigenvalue weighted by molar-refractivity contribution is 5.53. The van der Waals surface area contributed by atoms with Crippen molar-refractivity contribution >= 4 is 11.5 Å². The van der Waals surface area contributed by atoms with E-state index in [1.165, 1.54) is 0 Å². The van der Waals surface area contributed by atoms with Crippen LogP contribution in [0.5, 0.6) is 5.88 Å². The fraction of sp³-hybridized carbons (Fsp3) is 0.444. The fourth-order valence-corrected chi connectivity index (χ4v) is 0.991. The SMILES string of the molecule is COc1nc(NC(C)C)ccc1N. The Morgan fingerprint density at radius 2 is 2.15 bits per heavy atom. The van der Waals surface area contributed by atoms with E-state index in [1.807, 2.05) is 19.9 Å². The summed E-state index contributed by atoms with van der Waals surface area (Å²) >= 11 is 0. The Morgan fingerprint density at radius 1 is 1.46 bits per heavy atom. The minimum atomic E-state index is 0.348. The van der Waals surface area contributed by atoms with E-state index in [2.05, 4.69) is 10.3 Å². The lowest BCUT2D eigenvalue weighted by atomic mass is 10.3. The maximum absolute atomic E-state index is 5.62. The second kappa shape index (κ2) is 3.98. The standard InChI is InChI=1S/C9H15N3O/c1-6(2)11-8-5-4-7(10)9(12-8)13-3/h4-6H,10H2,1-3H3,(H,11,12). The number of rotatable bonds is 3. The summed E-state index contributed by atoms with van der Waals surface area (Å²) in [6, 6.07) is 3.95. The molecule has 1 aromatic heterocycles. The molecule has 0 amide bonds. The van der Waals surface area contributed by atoms with Gasteiger partial charge in [-0.3, -0.25) is 0 Å². The molecule has 0 unspecified atom stereocenters. The van der Waals surface area contributed by atoms with E-state index in [-0.39, 0.29) is 0 Å². The van der Waals surface area contributed by atoms with E-state index >= 15 is 0 Å². The smallest absolute Gasteiger partial charge is 0.238 e. The summed E-state index contributed by atoms with van der Waals surface area (Å²) < 4.78 is 4.99. The van der Waals surface area contributed by atoms with Crippen molar-refractivity contribution in [3.63, 3.8) is 0 Å². The van der Waals surface area contributed by atoms with Gasteiger partial charge >= 0.3 is 0 Å². The van der Waals surface area contributed by atoms with Crippen LogP contribution in [0.25, 0.3) is 0 Å². The summed E-state index contributed by atoms with van der Waals surface area (Å²) in [6.07, 6.45) is 0. The van der Waals surface area contributed by atoms with Crippen LogP contribution >= 0.6 is 0 Å². The number of nitrogen functional groups attached to an aromatic ring is 1. The first kappa shape index (κ1) is 9.64. The number of methoxy groups -OCH3 is 1. The first-order chi connectivity index (χ1) is 6.13. The van der Waals surface area contributed by atoms with Crippen LogP contribution in [0.4, 0.5) is 11.5 Å². The van der Waals surface area contributed by atoms with Gasteiger partial charge in [0, 0.05) is 6.04 Å². The number of hydrogen-bond acceptors (Lipinski definition) is 4. The molecular weight excluding hydrogens is 166 g/mol. The number of nitrogens with one attached hydrogen (secondary N) is 1. The van der Waals surface area contributed by atoms with Gasteiger partial charge in [0.05, 0.1) is 12.8 Å². The molecule has 0 aliphatic rings. The van der Waals surface area contributed by atoms with Crippen molar-refractivity contribution in [2.45, 2.75) is 19.9 Å². The van der Waals surface area contributed by atoms with E-state index in [1.54, 1.807) is 13.2 Å². The number of aromatic nitrogens is 1. The monoisotopic (exact) mass is 181 g/mol. The quantitative estimate of drug-likeness (QED) is 0.741. The van der Waals surface area contributed by atoms with E-state index in [0.29, 0.717) is 17.6 Å². The van der Waals surface area contributed by atoms with Gasteiger partial charge < -0.3 is 15.8 Å². The van der Waals surface area contributed by atoms with Gasteiger partial charge in [0.1, 0.15) is 5.82 Å². The molecule has 0 spiro atoms. The Balaban J connectivity index is 2.86. The van der Waals surface area contributed by atoms with Crippen LogP contribution in [-0.2, 0) is 0 Å². The third kappa shape index (κ3) is 2.50. The lowest BCUT2D eigenvalue weighted by Crippen LogP contribution is -2.11. The average molecular weight is 181 g/mol. The van der Waals surface area contributed by atoms with Crippen molar-refractivity contribution < 1.29 is 4.74 Å². The second-order valence-electron chi connectivity index (χ2n) is 3.09. The highest BCUT2D eigenvalue weighted by Crippen LogP contribution is 2.20. The number of nitrogens with zero attached hydrogens (tertiary/aromatic N) is 1. The van der Waals surface area contributed by atoms with Gasteiger partial charge in [-0.05, 0) is 26.0 Å². The number of nitrogens with two attached hydrogens (primary N) is 1. The molecule has 0 saturated carbocycles. The van der Waals surface area contributed by atoms with E-state index in [9.17, 15) is 0 Å². The topological polar surface area (TPSA) is 60.2 Å². The van der Waals surface area contributed by atoms with Gasteiger partial charge in [-0.25, -0.2) is 0 Å². The van der Waals surface area contributed by atoms with Crippen LogP contribution < -0.4 is 15.8 Å². The minimum Gasteiger partial charge on any atom is -0.479 e. The van der Waals surface area contributed by atoms with Crippen molar-refractivity contribution in [3.05, 3.63) is 12.1 Å². The van der Waals surface area contributed by atoms with Crippen molar-refractivity contribution in [3.8, 4) is 5.88 Å². The maximum atomic E-state index is 5.62.